The number of fused-ring (bicyclic) bond motifs is 14. The van der Waals surface area contributed by atoms with Crippen LogP contribution in [0, 0.1) is 17.9 Å². The lowest BCUT2D eigenvalue weighted by atomic mass is 9.88. The molecule has 80 heavy (non-hydrogen) atoms. The third-order valence-corrected chi connectivity index (χ3v) is 18.5. The number of nitriles is 1. The van der Waals surface area contributed by atoms with Crippen molar-refractivity contribution in [1.82, 2.24) is 9.13 Å². The van der Waals surface area contributed by atoms with Gasteiger partial charge in [0.05, 0.1) is 55.0 Å². The molecule has 4 nitrogen and oxygen atoms in total. The first-order valence-electron chi connectivity index (χ1n) is 26.8. The summed E-state index contributed by atoms with van der Waals surface area (Å²) in [5.41, 5.74) is 16.1. The van der Waals surface area contributed by atoms with Gasteiger partial charge in [0.1, 0.15) is 6.07 Å². The van der Waals surface area contributed by atoms with E-state index in [9.17, 15) is 11.8 Å². The van der Waals surface area contributed by atoms with Crippen molar-refractivity contribution in [2.24, 2.45) is 0 Å². The van der Waals surface area contributed by atoms with Gasteiger partial charge in [-0.3, -0.25) is 0 Å². The van der Waals surface area contributed by atoms with Crippen molar-refractivity contribution < 1.29 is 0 Å². The van der Waals surface area contributed by atoms with Crippen LogP contribution in [0.3, 0.4) is 0 Å². The van der Waals surface area contributed by atoms with Gasteiger partial charge in [0.15, 0.2) is 0 Å². The van der Waals surface area contributed by atoms with E-state index < -0.39 is 0 Å². The average Bonchev–Trinajstić information content (AvgIpc) is 4.48. The first-order valence-corrected chi connectivity index (χ1v) is 28.4. The lowest BCUT2D eigenvalue weighted by molar-refractivity contribution is 1.14. The molecule has 0 N–H and O–H groups in total. The van der Waals surface area contributed by atoms with Crippen LogP contribution in [0.4, 0.5) is 5.69 Å². The second-order valence-corrected chi connectivity index (χ2v) is 22.5. The Balaban J connectivity index is 1.20. The molecule has 0 spiro atoms. The predicted molar refractivity (Wildman–Crippen MR) is 339 cm³/mol. The number of benzene rings is 12. The minimum absolute atomic E-state index is 0.405. The van der Waals surface area contributed by atoms with Gasteiger partial charge in [-0.2, -0.15) is 5.26 Å². The van der Waals surface area contributed by atoms with Crippen LogP contribution in [0.1, 0.15) is 5.56 Å². The maximum Gasteiger partial charge on any atom is 0.220 e. The predicted octanol–water partition coefficient (Wildman–Crippen LogP) is 21.4. The van der Waals surface area contributed by atoms with Gasteiger partial charge < -0.3 is 9.13 Å². The minimum Gasteiger partial charge on any atom is -0.318 e. The molecule has 0 fully saturated rings. The Morgan fingerprint density at radius 1 is 0.362 bits per heavy atom. The number of nitrogens with zero attached hydrogens (tertiary/aromatic N) is 4. The van der Waals surface area contributed by atoms with E-state index in [0.29, 0.717) is 16.8 Å². The molecular weight excluding hydrogens is 1010 g/mol. The first kappa shape index (κ1) is 45.8. The van der Waals surface area contributed by atoms with Crippen LogP contribution in [0.5, 0.6) is 0 Å². The van der Waals surface area contributed by atoms with Crippen LogP contribution in [-0.4, -0.2) is 9.13 Å². The molecule has 370 valence electrons. The molecule has 4 heterocycles. The molecule has 16 rings (SSSR count). The summed E-state index contributed by atoms with van der Waals surface area (Å²) in [6.45, 7) is 9.53. The third-order valence-electron chi connectivity index (χ3n) is 16.2. The number of hydrogen-bond acceptors (Lipinski definition) is 3. The smallest absolute Gasteiger partial charge is 0.220 e. The highest BCUT2D eigenvalue weighted by Crippen LogP contribution is 2.57. The Kier molecular flexibility index (Phi) is 10.4. The zero-order valence-electron chi connectivity index (χ0n) is 42.9. The molecule has 0 aliphatic carbocycles. The van der Waals surface area contributed by atoms with E-state index >= 15 is 0 Å². The Morgan fingerprint density at radius 3 is 1.31 bits per heavy atom. The van der Waals surface area contributed by atoms with E-state index in [4.69, 9.17) is 0 Å². The zero-order valence-corrected chi connectivity index (χ0v) is 44.5. The highest BCUT2D eigenvalue weighted by atomic mass is 32.1. The summed E-state index contributed by atoms with van der Waals surface area (Å²) in [7, 11) is 0. The van der Waals surface area contributed by atoms with Crippen LogP contribution < -0.4 is 0 Å². The number of aromatic nitrogens is 2. The van der Waals surface area contributed by atoms with Gasteiger partial charge in [-0.15, -0.1) is 22.7 Å². The van der Waals surface area contributed by atoms with Crippen LogP contribution in [-0.2, 0) is 0 Å². The van der Waals surface area contributed by atoms with E-state index in [0.717, 1.165) is 114 Å². The average molecular weight is 1050 g/mol. The fraction of sp³-hybridized carbons (Fsp3) is 0. The van der Waals surface area contributed by atoms with Crippen molar-refractivity contribution in [3.63, 3.8) is 0 Å². The number of hydrogen-bond donors (Lipinski definition) is 0. The van der Waals surface area contributed by atoms with Crippen LogP contribution in [0.15, 0.2) is 255 Å². The van der Waals surface area contributed by atoms with Gasteiger partial charge in [-0.05, 0) is 87.0 Å². The summed E-state index contributed by atoms with van der Waals surface area (Å²) in [6, 6.07) is 93.4. The maximum atomic E-state index is 12.5. The lowest BCUT2D eigenvalue weighted by Crippen LogP contribution is -2.09. The SMILES string of the molecule is [C-]#[N+]c1c(-c2ccccc2)c(C#N)c(-n2c3c(cc(-c4ccccc4)c4c5ccccc5sc43)c3cc(-c4ccccc4)c4c5ccccc5sc4c32)c(-c2ccccc2)c1-n1c2ccccc2c2cc(-c3ccccc3)ccc21. The highest BCUT2D eigenvalue weighted by Gasteiger charge is 2.34. The normalized spacial score (nSPS) is 11.7. The van der Waals surface area contributed by atoms with Gasteiger partial charge >= 0.3 is 0 Å². The summed E-state index contributed by atoms with van der Waals surface area (Å²) in [4.78, 5) is 4.64. The van der Waals surface area contributed by atoms with Crippen molar-refractivity contribution in [1.29, 1.82) is 5.26 Å². The van der Waals surface area contributed by atoms with Crippen LogP contribution in [0.2, 0.25) is 0 Å². The van der Waals surface area contributed by atoms with Gasteiger partial charge in [-0.25, -0.2) is 4.85 Å². The number of para-hydroxylation sites is 1. The van der Waals surface area contributed by atoms with Gasteiger partial charge in [0, 0.05) is 63.6 Å². The van der Waals surface area contributed by atoms with E-state index in [-0.39, 0.29) is 0 Å². The molecule has 4 aromatic heterocycles. The summed E-state index contributed by atoms with van der Waals surface area (Å²) in [5, 5.41) is 21.5. The largest absolute Gasteiger partial charge is 0.318 e. The molecule has 0 radical (unpaired) electrons. The van der Waals surface area contributed by atoms with Gasteiger partial charge in [0.2, 0.25) is 5.69 Å². The lowest BCUT2D eigenvalue weighted by Gasteiger charge is -2.26. The van der Waals surface area contributed by atoms with E-state index in [1.807, 2.05) is 46.9 Å². The van der Waals surface area contributed by atoms with Crippen molar-refractivity contribution in [3.8, 4) is 73.1 Å². The van der Waals surface area contributed by atoms with Crippen molar-refractivity contribution >= 4 is 112 Å². The molecule has 0 aliphatic heterocycles. The van der Waals surface area contributed by atoms with Crippen LogP contribution >= 0.6 is 22.7 Å². The third kappa shape index (κ3) is 6.71. The summed E-state index contributed by atoms with van der Waals surface area (Å²) >= 11 is 3.62. The Bertz CT molecular complexity index is 5120. The fourth-order valence-electron chi connectivity index (χ4n) is 12.8. The zero-order chi connectivity index (χ0) is 53.0. The first-order chi connectivity index (χ1) is 39.7. The van der Waals surface area contributed by atoms with Gasteiger partial charge in [0.25, 0.3) is 0 Å². The van der Waals surface area contributed by atoms with E-state index in [1.54, 1.807) is 0 Å². The number of rotatable bonds is 7. The molecule has 0 atom stereocenters. The minimum atomic E-state index is 0.405. The van der Waals surface area contributed by atoms with Gasteiger partial charge in [-0.1, -0.05) is 212 Å². The van der Waals surface area contributed by atoms with E-state index in [2.05, 4.69) is 251 Å². The number of thiophene rings is 2. The Morgan fingerprint density at radius 2 is 0.800 bits per heavy atom. The van der Waals surface area contributed by atoms with E-state index in [1.165, 1.54) is 30.9 Å². The molecule has 12 aromatic carbocycles. The standard InChI is InChI=1S/C74H42N4S2/c1-76-68-64(48-29-13-5-14-30-48)59(44-75)69(65(49-31-15-6-16-32-49)72(68)77-60-36-20-17-33-51(60)56-41-50(39-40-61(56)77)45-23-7-2-8-24-45)78-70-57(42-54(46-25-9-3-10-26-46)66-52-34-18-21-37-62(52)79-73(66)70)58-43-55(47-27-11-4-12-28-47)67-53-35-19-22-38-63(53)80-74(67)71(58)78/h2-43H. The molecule has 0 bridgehead atoms. The quantitative estimate of drug-likeness (QED) is 0.147. The second-order valence-electron chi connectivity index (χ2n) is 20.4. The van der Waals surface area contributed by atoms with Crippen LogP contribution in [0.25, 0.3) is 156 Å². The fourth-order valence-corrected chi connectivity index (χ4v) is 15.3. The van der Waals surface area contributed by atoms with Crippen molar-refractivity contribution in [2.75, 3.05) is 0 Å². The Hall–Kier alpha value is -10.3. The molecular formula is C74H42N4S2. The summed E-state index contributed by atoms with van der Waals surface area (Å²) in [6.07, 6.45) is 0. The molecule has 0 amide bonds. The molecule has 16 aromatic rings. The van der Waals surface area contributed by atoms with Crippen molar-refractivity contribution in [3.05, 3.63) is 272 Å². The topological polar surface area (TPSA) is 38.0 Å². The summed E-state index contributed by atoms with van der Waals surface area (Å²) in [5.74, 6) is 0. The molecule has 6 heteroatoms. The van der Waals surface area contributed by atoms with Crippen molar-refractivity contribution in [2.45, 2.75) is 0 Å². The molecule has 0 unspecified atom stereocenters. The second kappa shape index (κ2) is 18.1. The summed E-state index contributed by atoms with van der Waals surface area (Å²) < 4.78 is 9.41. The molecule has 0 aliphatic rings. The monoisotopic (exact) mass is 1050 g/mol. The highest BCUT2D eigenvalue weighted by molar-refractivity contribution is 7.27. The molecule has 0 saturated carbocycles. The maximum absolute atomic E-state index is 12.5. The Labute approximate surface area is 468 Å². The molecule has 0 saturated heterocycles.